The Labute approximate surface area is 87.7 Å². The Morgan fingerprint density at radius 1 is 1.47 bits per heavy atom. The Balaban J connectivity index is 3.31. The minimum atomic E-state index is -0.203. The molecule has 0 radical (unpaired) electrons. The van der Waals surface area contributed by atoms with Crippen molar-refractivity contribution >= 4 is 12.1 Å². The molecule has 0 aliphatic rings. The van der Waals surface area contributed by atoms with Crippen LogP contribution in [0.4, 0.5) is 0 Å². The zero-order valence-corrected chi connectivity index (χ0v) is 8.50. The van der Waals surface area contributed by atoms with Gasteiger partial charge in [-0.1, -0.05) is 5.92 Å². The quantitative estimate of drug-likeness (QED) is 0.426. The van der Waals surface area contributed by atoms with Gasteiger partial charge in [-0.05, 0) is 37.5 Å². The molecule has 1 aromatic carbocycles. The summed E-state index contributed by atoms with van der Waals surface area (Å²) in [7, 11) is 0. The van der Waals surface area contributed by atoms with Crippen molar-refractivity contribution in [2.45, 2.75) is 13.8 Å². The molecule has 76 valence electrons. The van der Waals surface area contributed by atoms with Gasteiger partial charge in [-0.3, -0.25) is 9.59 Å². The van der Waals surface area contributed by atoms with Crippen LogP contribution in [-0.4, -0.2) is 17.2 Å². The zero-order valence-electron chi connectivity index (χ0n) is 8.50. The minimum absolute atomic E-state index is 0.108. The van der Waals surface area contributed by atoms with Crippen LogP contribution in [0.2, 0.25) is 0 Å². The third-order valence-electron chi connectivity index (χ3n) is 1.99. The molecule has 0 aliphatic carbocycles. The maximum Gasteiger partial charge on any atom is 0.193 e. The van der Waals surface area contributed by atoms with Crippen LogP contribution in [0.1, 0.15) is 28.4 Å². The number of ketones is 1. The number of benzene rings is 1. The van der Waals surface area contributed by atoms with E-state index in [-0.39, 0.29) is 17.1 Å². The predicted octanol–water partition coefficient (Wildman–Crippen LogP) is 1.45. The van der Waals surface area contributed by atoms with Gasteiger partial charge in [0.05, 0.1) is 5.56 Å². The largest absolute Gasteiger partial charge is 0.507 e. The standard InChI is InChI=1S/C12H10O3/c1-8-6-11(9(2)14)12(15)7-10(8)4-3-5-13/h5-7,15H,1-2H3. The normalized spacial score (nSPS) is 8.93. The van der Waals surface area contributed by atoms with Crippen LogP contribution < -0.4 is 0 Å². The smallest absolute Gasteiger partial charge is 0.193 e. The third kappa shape index (κ3) is 2.44. The van der Waals surface area contributed by atoms with E-state index in [1.54, 1.807) is 13.0 Å². The van der Waals surface area contributed by atoms with Gasteiger partial charge in [0.2, 0.25) is 0 Å². The van der Waals surface area contributed by atoms with Crippen molar-refractivity contribution < 1.29 is 14.7 Å². The SMILES string of the molecule is CC(=O)c1cc(C)c(C#CC=O)cc1O. The molecule has 0 bridgehead atoms. The Hall–Kier alpha value is -2.08. The highest BCUT2D eigenvalue weighted by molar-refractivity contribution is 5.97. The molecule has 0 saturated carbocycles. The minimum Gasteiger partial charge on any atom is -0.507 e. The average molecular weight is 202 g/mol. The van der Waals surface area contributed by atoms with Crippen LogP contribution in [0.15, 0.2) is 12.1 Å². The summed E-state index contributed by atoms with van der Waals surface area (Å²) < 4.78 is 0. The summed E-state index contributed by atoms with van der Waals surface area (Å²) in [6.45, 7) is 3.14. The summed E-state index contributed by atoms with van der Waals surface area (Å²) in [5.74, 6) is 4.52. The fourth-order valence-electron chi connectivity index (χ4n) is 1.22. The molecular formula is C12H10O3. The van der Waals surface area contributed by atoms with Gasteiger partial charge in [-0.2, -0.15) is 0 Å². The van der Waals surface area contributed by atoms with Gasteiger partial charge < -0.3 is 5.11 Å². The summed E-state index contributed by atoms with van der Waals surface area (Å²) >= 11 is 0. The van der Waals surface area contributed by atoms with Crippen molar-refractivity contribution in [3.05, 3.63) is 28.8 Å². The van der Waals surface area contributed by atoms with Crippen LogP contribution in [0.3, 0.4) is 0 Å². The van der Waals surface area contributed by atoms with E-state index in [0.29, 0.717) is 11.8 Å². The van der Waals surface area contributed by atoms with Crippen molar-refractivity contribution in [3.63, 3.8) is 0 Å². The third-order valence-corrected chi connectivity index (χ3v) is 1.99. The Morgan fingerprint density at radius 3 is 2.67 bits per heavy atom. The number of aldehydes is 1. The molecule has 0 amide bonds. The summed E-state index contributed by atoms with van der Waals surface area (Å²) in [4.78, 5) is 21.2. The van der Waals surface area contributed by atoms with Gasteiger partial charge >= 0.3 is 0 Å². The monoisotopic (exact) mass is 202 g/mol. The van der Waals surface area contributed by atoms with Gasteiger partial charge in [0.1, 0.15) is 5.75 Å². The summed E-state index contributed by atoms with van der Waals surface area (Å²) in [6.07, 6.45) is 0.482. The second kappa shape index (κ2) is 4.43. The fourth-order valence-corrected chi connectivity index (χ4v) is 1.22. The first-order valence-corrected chi connectivity index (χ1v) is 4.36. The number of phenols is 1. The Kier molecular flexibility index (Phi) is 3.25. The molecule has 15 heavy (non-hydrogen) atoms. The first-order valence-electron chi connectivity index (χ1n) is 4.36. The topological polar surface area (TPSA) is 54.4 Å². The molecule has 0 atom stereocenters. The van der Waals surface area contributed by atoms with Gasteiger partial charge in [0, 0.05) is 5.56 Å². The average Bonchev–Trinajstić information content (AvgIpc) is 2.18. The van der Waals surface area contributed by atoms with E-state index in [9.17, 15) is 14.7 Å². The van der Waals surface area contributed by atoms with Crippen LogP contribution in [-0.2, 0) is 4.79 Å². The molecule has 1 N–H and O–H groups in total. The molecule has 0 saturated heterocycles. The molecule has 0 heterocycles. The van der Waals surface area contributed by atoms with Crippen molar-refractivity contribution in [1.29, 1.82) is 0 Å². The number of phenolic OH excluding ortho intramolecular Hbond substituents is 1. The van der Waals surface area contributed by atoms with Gasteiger partial charge in [-0.25, -0.2) is 0 Å². The highest BCUT2D eigenvalue weighted by Crippen LogP contribution is 2.22. The zero-order chi connectivity index (χ0) is 11.4. The number of aromatic hydroxyl groups is 1. The molecule has 1 rings (SSSR count). The molecular weight excluding hydrogens is 192 g/mol. The van der Waals surface area contributed by atoms with E-state index < -0.39 is 0 Å². The van der Waals surface area contributed by atoms with E-state index in [1.165, 1.54) is 13.0 Å². The molecule has 0 spiro atoms. The van der Waals surface area contributed by atoms with Crippen molar-refractivity contribution in [3.8, 4) is 17.6 Å². The lowest BCUT2D eigenvalue weighted by Crippen LogP contribution is -1.95. The second-order valence-corrected chi connectivity index (χ2v) is 3.13. The summed E-state index contributed by atoms with van der Waals surface area (Å²) in [6, 6.07) is 2.95. The van der Waals surface area contributed by atoms with Crippen molar-refractivity contribution in [2.24, 2.45) is 0 Å². The van der Waals surface area contributed by atoms with E-state index in [1.807, 2.05) is 0 Å². The number of aryl methyl sites for hydroxylation is 1. The molecule has 3 nitrogen and oxygen atoms in total. The first-order chi connectivity index (χ1) is 7.06. The maximum absolute atomic E-state index is 11.1. The lowest BCUT2D eigenvalue weighted by molar-refractivity contribution is -0.103. The van der Waals surface area contributed by atoms with E-state index in [0.717, 1.165) is 5.56 Å². The number of carbonyl (C=O) groups is 2. The Morgan fingerprint density at radius 2 is 2.13 bits per heavy atom. The number of hydrogen-bond donors (Lipinski definition) is 1. The van der Waals surface area contributed by atoms with Crippen LogP contribution in [0.25, 0.3) is 0 Å². The molecule has 0 aliphatic heterocycles. The van der Waals surface area contributed by atoms with Gasteiger partial charge in [0.15, 0.2) is 12.1 Å². The van der Waals surface area contributed by atoms with Gasteiger partial charge in [0.25, 0.3) is 0 Å². The maximum atomic E-state index is 11.1. The highest BCUT2D eigenvalue weighted by atomic mass is 16.3. The van der Waals surface area contributed by atoms with E-state index >= 15 is 0 Å². The second-order valence-electron chi connectivity index (χ2n) is 3.13. The van der Waals surface area contributed by atoms with Crippen LogP contribution in [0.5, 0.6) is 5.75 Å². The summed E-state index contributed by atoms with van der Waals surface area (Å²) in [5.41, 5.74) is 1.57. The Bertz CT molecular complexity index is 476. The fraction of sp³-hybridized carbons (Fsp3) is 0.167. The number of hydrogen-bond acceptors (Lipinski definition) is 3. The van der Waals surface area contributed by atoms with E-state index in [2.05, 4.69) is 11.8 Å². The van der Waals surface area contributed by atoms with E-state index in [4.69, 9.17) is 0 Å². The highest BCUT2D eigenvalue weighted by Gasteiger charge is 2.08. The van der Waals surface area contributed by atoms with Crippen LogP contribution >= 0.6 is 0 Å². The molecule has 0 unspecified atom stereocenters. The van der Waals surface area contributed by atoms with Crippen LogP contribution in [0, 0.1) is 18.8 Å². The van der Waals surface area contributed by atoms with Gasteiger partial charge in [-0.15, -0.1) is 0 Å². The predicted molar refractivity (Wildman–Crippen MR) is 55.8 cm³/mol. The molecule has 3 heteroatoms. The van der Waals surface area contributed by atoms with Crippen molar-refractivity contribution in [1.82, 2.24) is 0 Å². The van der Waals surface area contributed by atoms with Crippen molar-refractivity contribution in [2.75, 3.05) is 0 Å². The molecule has 0 fully saturated rings. The molecule has 1 aromatic rings. The summed E-state index contributed by atoms with van der Waals surface area (Å²) in [5, 5.41) is 9.51. The number of Topliss-reactive ketones (excluding diaryl/α,β-unsaturated/α-hetero) is 1. The lowest BCUT2D eigenvalue weighted by Gasteiger charge is -2.04. The first kappa shape index (κ1) is 11.0. The number of rotatable bonds is 1. The lowest BCUT2D eigenvalue weighted by atomic mass is 10.0. The number of carbonyl (C=O) groups excluding carboxylic acids is 2. The molecule has 0 aromatic heterocycles.